The zero-order chi connectivity index (χ0) is 12.5. The number of para-hydroxylation sites is 1. The molecule has 1 aliphatic heterocycles. The number of ether oxygens (including phenoxy) is 1. The second-order valence-corrected chi connectivity index (χ2v) is 5.51. The van der Waals surface area contributed by atoms with Gasteiger partial charge in [0, 0.05) is 6.42 Å². The van der Waals surface area contributed by atoms with Gasteiger partial charge in [0.25, 0.3) is 0 Å². The molecule has 0 radical (unpaired) electrons. The van der Waals surface area contributed by atoms with Crippen molar-refractivity contribution >= 4 is 5.69 Å². The number of hydroxylamine groups is 1. The summed E-state index contributed by atoms with van der Waals surface area (Å²) in [6, 6.07) is 10.5. The Morgan fingerprint density at radius 3 is 2.47 bits per heavy atom. The van der Waals surface area contributed by atoms with E-state index in [1.165, 1.54) is 0 Å². The zero-order valence-corrected chi connectivity index (χ0v) is 11.0. The van der Waals surface area contributed by atoms with Crippen LogP contribution in [0.3, 0.4) is 0 Å². The Morgan fingerprint density at radius 1 is 1.24 bits per heavy atom. The minimum Gasteiger partial charge on any atom is -0.345 e. The molecular weight excluding hydrogens is 214 g/mol. The predicted octanol–water partition coefficient (Wildman–Crippen LogP) is 3.36. The maximum atomic E-state index is 5.86. The molecule has 1 aliphatic rings. The Morgan fingerprint density at radius 2 is 1.88 bits per heavy atom. The molecule has 1 saturated heterocycles. The monoisotopic (exact) mass is 235 g/mol. The highest BCUT2D eigenvalue weighted by Gasteiger charge is 2.33. The van der Waals surface area contributed by atoms with E-state index in [4.69, 9.17) is 9.57 Å². The van der Waals surface area contributed by atoms with E-state index in [2.05, 4.69) is 19.1 Å². The lowest BCUT2D eigenvalue weighted by molar-refractivity contribution is -0.176. The fourth-order valence-corrected chi connectivity index (χ4v) is 2.00. The van der Waals surface area contributed by atoms with Crippen LogP contribution in [-0.2, 0) is 9.57 Å². The molecule has 0 amide bonds. The molecule has 0 saturated carbocycles. The van der Waals surface area contributed by atoms with Crippen LogP contribution in [-0.4, -0.2) is 17.9 Å². The normalized spacial score (nSPS) is 25.3. The molecule has 1 heterocycles. The molecule has 0 spiro atoms. The molecule has 0 bridgehead atoms. The molecule has 1 fully saturated rings. The summed E-state index contributed by atoms with van der Waals surface area (Å²) in [5, 5.41) is 1.94. The van der Waals surface area contributed by atoms with Gasteiger partial charge in [-0.3, -0.25) is 0 Å². The van der Waals surface area contributed by atoms with Gasteiger partial charge in [-0.1, -0.05) is 18.2 Å². The zero-order valence-electron chi connectivity index (χ0n) is 11.0. The van der Waals surface area contributed by atoms with Gasteiger partial charge in [-0.15, -0.1) is 0 Å². The minimum absolute atomic E-state index is 0.148. The molecule has 0 aliphatic carbocycles. The Kier molecular flexibility index (Phi) is 3.40. The molecule has 1 aromatic rings. The van der Waals surface area contributed by atoms with Crippen molar-refractivity contribution in [3.63, 3.8) is 0 Å². The standard InChI is InChI=1S/C14H21NO2/c1-11-10-13(16-14(2,3)4)17-15(11)12-8-6-5-7-9-12/h5-9,11,13H,10H2,1-4H3/t11-,13+/m0/s1. The molecule has 94 valence electrons. The van der Waals surface area contributed by atoms with Gasteiger partial charge in [0.05, 0.1) is 17.3 Å². The van der Waals surface area contributed by atoms with E-state index in [1.807, 2.05) is 44.0 Å². The molecule has 0 unspecified atom stereocenters. The average Bonchev–Trinajstić information content (AvgIpc) is 2.58. The van der Waals surface area contributed by atoms with Crippen LogP contribution in [0.15, 0.2) is 30.3 Å². The smallest absolute Gasteiger partial charge is 0.186 e. The lowest BCUT2D eigenvalue weighted by Crippen LogP contribution is -2.29. The van der Waals surface area contributed by atoms with Gasteiger partial charge in [0.1, 0.15) is 0 Å². The first kappa shape index (κ1) is 12.4. The van der Waals surface area contributed by atoms with Crippen molar-refractivity contribution in [1.82, 2.24) is 0 Å². The maximum Gasteiger partial charge on any atom is 0.186 e. The average molecular weight is 235 g/mol. The molecule has 1 aromatic carbocycles. The van der Waals surface area contributed by atoms with Crippen molar-refractivity contribution in [2.75, 3.05) is 5.06 Å². The van der Waals surface area contributed by atoms with E-state index in [-0.39, 0.29) is 11.9 Å². The summed E-state index contributed by atoms with van der Waals surface area (Å²) in [7, 11) is 0. The summed E-state index contributed by atoms with van der Waals surface area (Å²) in [5.41, 5.74) is 0.914. The predicted molar refractivity (Wildman–Crippen MR) is 68.7 cm³/mol. The fraction of sp³-hybridized carbons (Fsp3) is 0.571. The van der Waals surface area contributed by atoms with Crippen LogP contribution in [0.1, 0.15) is 34.1 Å². The van der Waals surface area contributed by atoms with Gasteiger partial charge >= 0.3 is 0 Å². The third-order valence-electron chi connectivity index (χ3n) is 2.66. The van der Waals surface area contributed by atoms with E-state index in [0.717, 1.165) is 12.1 Å². The highest BCUT2D eigenvalue weighted by atomic mass is 16.8. The number of rotatable bonds is 2. The lowest BCUT2D eigenvalue weighted by Gasteiger charge is -2.25. The lowest BCUT2D eigenvalue weighted by atomic mass is 10.2. The van der Waals surface area contributed by atoms with E-state index in [1.54, 1.807) is 0 Å². The van der Waals surface area contributed by atoms with Crippen molar-refractivity contribution in [3.05, 3.63) is 30.3 Å². The van der Waals surface area contributed by atoms with Gasteiger partial charge in [-0.25, -0.2) is 9.90 Å². The van der Waals surface area contributed by atoms with E-state index in [0.29, 0.717) is 6.04 Å². The Hall–Kier alpha value is -1.06. The SMILES string of the molecule is C[C@H]1C[C@H](OC(C)(C)C)ON1c1ccccc1. The first-order chi connectivity index (χ1) is 7.96. The fourth-order valence-electron chi connectivity index (χ4n) is 2.00. The number of anilines is 1. The van der Waals surface area contributed by atoms with Crippen molar-refractivity contribution in [3.8, 4) is 0 Å². The van der Waals surface area contributed by atoms with Crippen LogP contribution in [0.5, 0.6) is 0 Å². The Balaban J connectivity index is 2.03. The van der Waals surface area contributed by atoms with E-state index >= 15 is 0 Å². The summed E-state index contributed by atoms with van der Waals surface area (Å²) in [6.45, 7) is 8.30. The molecule has 0 N–H and O–H groups in total. The summed E-state index contributed by atoms with van der Waals surface area (Å²) in [4.78, 5) is 5.85. The summed E-state index contributed by atoms with van der Waals surface area (Å²) in [5.74, 6) is 0. The molecule has 3 heteroatoms. The van der Waals surface area contributed by atoms with E-state index in [9.17, 15) is 0 Å². The van der Waals surface area contributed by atoms with Crippen LogP contribution in [0.4, 0.5) is 5.69 Å². The second-order valence-electron chi connectivity index (χ2n) is 5.51. The summed E-state index contributed by atoms with van der Waals surface area (Å²) < 4.78 is 5.86. The Labute approximate surface area is 103 Å². The number of hydrogen-bond donors (Lipinski definition) is 0. The molecular formula is C14H21NO2. The van der Waals surface area contributed by atoms with Crippen LogP contribution >= 0.6 is 0 Å². The van der Waals surface area contributed by atoms with Crippen LogP contribution < -0.4 is 5.06 Å². The van der Waals surface area contributed by atoms with Gasteiger partial charge in [-0.05, 0) is 39.8 Å². The molecule has 3 nitrogen and oxygen atoms in total. The van der Waals surface area contributed by atoms with Gasteiger partial charge in [0.2, 0.25) is 0 Å². The van der Waals surface area contributed by atoms with Gasteiger partial charge in [-0.2, -0.15) is 0 Å². The molecule has 0 aromatic heterocycles. The molecule has 2 rings (SSSR count). The van der Waals surface area contributed by atoms with Crippen LogP contribution in [0, 0.1) is 0 Å². The topological polar surface area (TPSA) is 21.7 Å². The number of benzene rings is 1. The van der Waals surface area contributed by atoms with Crippen LogP contribution in [0.25, 0.3) is 0 Å². The molecule has 17 heavy (non-hydrogen) atoms. The van der Waals surface area contributed by atoms with Crippen LogP contribution in [0.2, 0.25) is 0 Å². The number of nitrogens with zero attached hydrogens (tertiary/aromatic N) is 1. The van der Waals surface area contributed by atoms with Crippen molar-refractivity contribution in [2.24, 2.45) is 0 Å². The quantitative estimate of drug-likeness (QED) is 0.784. The minimum atomic E-state index is -0.170. The van der Waals surface area contributed by atoms with Crippen molar-refractivity contribution in [2.45, 2.75) is 52.0 Å². The summed E-state index contributed by atoms with van der Waals surface area (Å²) in [6.07, 6.45) is 0.747. The largest absolute Gasteiger partial charge is 0.345 e. The second kappa shape index (κ2) is 4.67. The highest BCUT2D eigenvalue weighted by molar-refractivity contribution is 5.44. The van der Waals surface area contributed by atoms with E-state index < -0.39 is 0 Å². The number of hydrogen-bond acceptors (Lipinski definition) is 3. The maximum absolute atomic E-state index is 5.86. The highest BCUT2D eigenvalue weighted by Crippen LogP contribution is 2.29. The molecule has 2 atom stereocenters. The first-order valence-electron chi connectivity index (χ1n) is 6.14. The van der Waals surface area contributed by atoms with Gasteiger partial charge < -0.3 is 4.74 Å². The Bertz CT molecular complexity index is 358. The third-order valence-corrected chi connectivity index (χ3v) is 2.66. The first-order valence-corrected chi connectivity index (χ1v) is 6.14. The van der Waals surface area contributed by atoms with Crippen molar-refractivity contribution in [1.29, 1.82) is 0 Å². The summed E-state index contributed by atoms with van der Waals surface area (Å²) >= 11 is 0. The third kappa shape index (κ3) is 3.20. The van der Waals surface area contributed by atoms with Gasteiger partial charge in [0.15, 0.2) is 6.29 Å². The van der Waals surface area contributed by atoms with Crippen molar-refractivity contribution < 1.29 is 9.57 Å².